The summed E-state index contributed by atoms with van der Waals surface area (Å²) in [6.07, 6.45) is 15.7. The van der Waals surface area contributed by atoms with E-state index in [1.54, 1.807) is 0 Å². The maximum atomic E-state index is 11.4. The van der Waals surface area contributed by atoms with Gasteiger partial charge in [-0.1, -0.05) is 65.2 Å². The molecule has 0 aliphatic heterocycles. The first-order valence-corrected chi connectivity index (χ1v) is 8.11. The number of nitrogens with one attached hydrogen (secondary N) is 1. The van der Waals surface area contributed by atoms with Crippen molar-refractivity contribution in [1.29, 1.82) is 0 Å². The second-order valence-electron chi connectivity index (χ2n) is 5.21. The second kappa shape index (κ2) is 15.2. The molecule has 0 aliphatic carbocycles. The quantitative estimate of drug-likeness (QED) is 0.291. The van der Waals surface area contributed by atoms with Crippen LogP contribution in [0.4, 0.5) is 0 Å². The summed E-state index contributed by atoms with van der Waals surface area (Å²) in [4.78, 5) is 11.4. The third-order valence-electron chi connectivity index (χ3n) is 3.22. The first-order valence-electron chi connectivity index (χ1n) is 8.11. The number of hydrogen-bond acceptors (Lipinski definition) is 2. The SMILES string of the molecule is CCCCCCC=NNC(=O)CCCCCCCC. The van der Waals surface area contributed by atoms with E-state index in [1.807, 2.05) is 6.21 Å². The number of nitrogens with zero attached hydrogens (tertiary/aromatic N) is 1. The Balaban J connectivity index is 3.26. The number of hydrogen-bond donors (Lipinski definition) is 1. The molecule has 0 heterocycles. The lowest BCUT2D eigenvalue weighted by Gasteiger charge is -2.00. The van der Waals surface area contributed by atoms with Gasteiger partial charge in [-0.05, 0) is 19.3 Å². The first-order chi connectivity index (χ1) is 9.31. The Kier molecular flexibility index (Phi) is 14.5. The summed E-state index contributed by atoms with van der Waals surface area (Å²) in [5.41, 5.74) is 2.61. The van der Waals surface area contributed by atoms with Crippen molar-refractivity contribution in [3.8, 4) is 0 Å². The summed E-state index contributed by atoms with van der Waals surface area (Å²) in [7, 11) is 0. The second-order valence-corrected chi connectivity index (χ2v) is 5.21. The molecule has 0 bridgehead atoms. The summed E-state index contributed by atoms with van der Waals surface area (Å²) in [6.45, 7) is 4.42. The van der Waals surface area contributed by atoms with Crippen LogP contribution in [0.5, 0.6) is 0 Å². The number of carbonyl (C=O) groups excluding carboxylic acids is 1. The van der Waals surface area contributed by atoms with Gasteiger partial charge in [-0.15, -0.1) is 0 Å². The topological polar surface area (TPSA) is 41.5 Å². The molecule has 0 spiro atoms. The molecular weight excluding hydrogens is 236 g/mol. The number of amides is 1. The Morgan fingerprint density at radius 1 is 0.895 bits per heavy atom. The zero-order chi connectivity index (χ0) is 14.2. The van der Waals surface area contributed by atoms with Crippen molar-refractivity contribution in [3.05, 3.63) is 0 Å². The molecular formula is C16H32N2O. The highest BCUT2D eigenvalue weighted by molar-refractivity contribution is 5.76. The Morgan fingerprint density at radius 2 is 1.47 bits per heavy atom. The molecule has 3 heteroatoms. The summed E-state index contributed by atoms with van der Waals surface area (Å²) in [6, 6.07) is 0. The fraction of sp³-hybridized carbons (Fsp3) is 0.875. The molecule has 1 amide bonds. The lowest BCUT2D eigenvalue weighted by atomic mass is 10.1. The molecule has 0 atom stereocenters. The molecule has 112 valence electrons. The van der Waals surface area contributed by atoms with Crippen LogP contribution in [-0.4, -0.2) is 12.1 Å². The Hall–Kier alpha value is -0.860. The van der Waals surface area contributed by atoms with Gasteiger partial charge < -0.3 is 0 Å². The van der Waals surface area contributed by atoms with Gasteiger partial charge in [0, 0.05) is 12.6 Å². The van der Waals surface area contributed by atoms with E-state index in [1.165, 1.54) is 51.4 Å². The minimum absolute atomic E-state index is 0.0558. The largest absolute Gasteiger partial charge is 0.273 e. The van der Waals surface area contributed by atoms with Gasteiger partial charge in [0.15, 0.2) is 0 Å². The highest BCUT2D eigenvalue weighted by Crippen LogP contribution is 2.06. The molecule has 0 aromatic heterocycles. The van der Waals surface area contributed by atoms with Crippen LogP contribution >= 0.6 is 0 Å². The zero-order valence-electron chi connectivity index (χ0n) is 12.9. The van der Waals surface area contributed by atoms with Gasteiger partial charge in [-0.2, -0.15) is 5.10 Å². The molecule has 3 nitrogen and oxygen atoms in total. The molecule has 0 rings (SSSR count). The van der Waals surface area contributed by atoms with E-state index in [0.717, 1.165) is 19.3 Å². The van der Waals surface area contributed by atoms with Crippen molar-refractivity contribution in [2.24, 2.45) is 5.10 Å². The predicted octanol–water partition coefficient (Wildman–Crippen LogP) is 4.81. The molecule has 0 saturated heterocycles. The van der Waals surface area contributed by atoms with Crippen molar-refractivity contribution in [2.45, 2.75) is 90.9 Å². The molecule has 1 N–H and O–H groups in total. The lowest BCUT2D eigenvalue weighted by Crippen LogP contribution is -2.16. The molecule has 0 aromatic rings. The molecule has 0 fully saturated rings. The normalized spacial score (nSPS) is 11.1. The van der Waals surface area contributed by atoms with Gasteiger partial charge in [0.2, 0.25) is 5.91 Å². The molecule has 0 radical (unpaired) electrons. The van der Waals surface area contributed by atoms with Crippen molar-refractivity contribution >= 4 is 12.1 Å². The predicted molar refractivity (Wildman–Crippen MR) is 83.4 cm³/mol. The third-order valence-corrected chi connectivity index (χ3v) is 3.22. The van der Waals surface area contributed by atoms with E-state index in [4.69, 9.17) is 0 Å². The van der Waals surface area contributed by atoms with E-state index in [0.29, 0.717) is 6.42 Å². The minimum atomic E-state index is 0.0558. The molecule has 0 unspecified atom stereocenters. The molecule has 19 heavy (non-hydrogen) atoms. The summed E-state index contributed by atoms with van der Waals surface area (Å²) < 4.78 is 0. The number of unbranched alkanes of at least 4 members (excludes halogenated alkanes) is 9. The lowest BCUT2D eigenvalue weighted by molar-refractivity contribution is -0.121. The average molecular weight is 268 g/mol. The third kappa shape index (κ3) is 15.1. The van der Waals surface area contributed by atoms with Crippen LogP contribution in [0.15, 0.2) is 5.10 Å². The Labute approximate surface area is 119 Å². The Morgan fingerprint density at radius 3 is 2.16 bits per heavy atom. The van der Waals surface area contributed by atoms with Gasteiger partial charge >= 0.3 is 0 Å². The van der Waals surface area contributed by atoms with E-state index in [-0.39, 0.29) is 5.91 Å². The van der Waals surface area contributed by atoms with E-state index < -0.39 is 0 Å². The van der Waals surface area contributed by atoms with Crippen LogP contribution < -0.4 is 5.43 Å². The van der Waals surface area contributed by atoms with Crippen LogP contribution in [-0.2, 0) is 4.79 Å². The van der Waals surface area contributed by atoms with E-state index in [9.17, 15) is 4.79 Å². The van der Waals surface area contributed by atoms with E-state index >= 15 is 0 Å². The smallest absolute Gasteiger partial charge is 0.240 e. The van der Waals surface area contributed by atoms with E-state index in [2.05, 4.69) is 24.4 Å². The van der Waals surface area contributed by atoms with Crippen molar-refractivity contribution in [3.63, 3.8) is 0 Å². The van der Waals surface area contributed by atoms with Gasteiger partial charge in [0.05, 0.1) is 0 Å². The van der Waals surface area contributed by atoms with Gasteiger partial charge in [-0.25, -0.2) is 5.43 Å². The molecule has 0 aromatic carbocycles. The standard InChI is InChI=1S/C16H32N2O/c1-3-5-7-9-10-12-14-16(19)18-17-15-13-11-8-6-4-2/h15H,3-14H2,1-2H3,(H,18,19). The highest BCUT2D eigenvalue weighted by Gasteiger charge is 1.98. The maximum Gasteiger partial charge on any atom is 0.240 e. The van der Waals surface area contributed by atoms with Crippen LogP contribution in [0, 0.1) is 0 Å². The first kappa shape index (κ1) is 18.1. The van der Waals surface area contributed by atoms with Crippen molar-refractivity contribution < 1.29 is 4.79 Å². The van der Waals surface area contributed by atoms with Gasteiger partial charge in [-0.3, -0.25) is 4.79 Å². The van der Waals surface area contributed by atoms with Crippen molar-refractivity contribution in [1.82, 2.24) is 5.43 Å². The Bertz CT molecular complexity index is 227. The van der Waals surface area contributed by atoms with Crippen molar-refractivity contribution in [2.75, 3.05) is 0 Å². The monoisotopic (exact) mass is 268 g/mol. The maximum absolute atomic E-state index is 11.4. The van der Waals surface area contributed by atoms with Crippen LogP contribution in [0.3, 0.4) is 0 Å². The highest BCUT2D eigenvalue weighted by atomic mass is 16.2. The number of carbonyl (C=O) groups is 1. The fourth-order valence-electron chi connectivity index (χ4n) is 1.97. The molecule has 0 saturated carbocycles. The summed E-state index contributed by atoms with van der Waals surface area (Å²) in [5.74, 6) is 0.0558. The minimum Gasteiger partial charge on any atom is -0.273 e. The number of rotatable bonds is 13. The van der Waals surface area contributed by atoms with Crippen LogP contribution in [0.2, 0.25) is 0 Å². The summed E-state index contributed by atoms with van der Waals surface area (Å²) in [5, 5.41) is 3.97. The number of hydrazone groups is 1. The molecule has 0 aliphatic rings. The average Bonchev–Trinajstić information content (AvgIpc) is 2.41. The van der Waals surface area contributed by atoms with Gasteiger partial charge in [0.25, 0.3) is 0 Å². The summed E-state index contributed by atoms with van der Waals surface area (Å²) >= 11 is 0. The van der Waals surface area contributed by atoms with Gasteiger partial charge in [0.1, 0.15) is 0 Å². The van der Waals surface area contributed by atoms with Crippen LogP contribution in [0.1, 0.15) is 90.9 Å². The zero-order valence-corrected chi connectivity index (χ0v) is 12.9. The van der Waals surface area contributed by atoms with Crippen LogP contribution in [0.25, 0.3) is 0 Å². The fourth-order valence-corrected chi connectivity index (χ4v) is 1.97.